The van der Waals surface area contributed by atoms with Crippen LogP contribution in [0.15, 0.2) is 12.1 Å². The minimum atomic E-state index is -0.592. The summed E-state index contributed by atoms with van der Waals surface area (Å²) >= 11 is 0. The Morgan fingerprint density at radius 1 is 1.33 bits per heavy atom. The van der Waals surface area contributed by atoms with E-state index in [9.17, 15) is 5.11 Å². The largest absolute Gasteiger partial charge is 0.491 e. The van der Waals surface area contributed by atoms with E-state index < -0.39 is 6.10 Å². The number of nitrogens with two attached hydrogens (primary N) is 1. The first-order valence-corrected chi connectivity index (χ1v) is 5.13. The standard InChI is InChI=1S/C12H19NO2/c1-8-4-9(2)10(3)12(5-8)15-7-11(14)6-13/h4-5,11,14H,6-7,13H2,1-3H3/t11-/m1/s1. The minimum absolute atomic E-state index is 0.226. The fraction of sp³-hybridized carbons (Fsp3) is 0.500. The van der Waals surface area contributed by atoms with E-state index in [1.165, 1.54) is 5.56 Å². The van der Waals surface area contributed by atoms with E-state index in [1.54, 1.807) is 0 Å². The van der Waals surface area contributed by atoms with Gasteiger partial charge in [-0.3, -0.25) is 0 Å². The van der Waals surface area contributed by atoms with Crippen LogP contribution < -0.4 is 10.5 Å². The molecule has 1 aromatic carbocycles. The van der Waals surface area contributed by atoms with Gasteiger partial charge in [-0.25, -0.2) is 0 Å². The van der Waals surface area contributed by atoms with Gasteiger partial charge in [0, 0.05) is 6.54 Å². The lowest BCUT2D eigenvalue weighted by Crippen LogP contribution is -2.26. The Bertz CT molecular complexity index is 337. The van der Waals surface area contributed by atoms with Crippen LogP contribution in [0.1, 0.15) is 16.7 Å². The molecular formula is C12H19NO2. The molecule has 0 aliphatic carbocycles. The molecule has 1 atom stereocenters. The third kappa shape index (κ3) is 3.22. The predicted molar refractivity (Wildman–Crippen MR) is 61.2 cm³/mol. The molecular weight excluding hydrogens is 190 g/mol. The second-order valence-corrected chi connectivity index (χ2v) is 3.91. The smallest absolute Gasteiger partial charge is 0.122 e. The minimum Gasteiger partial charge on any atom is -0.491 e. The average Bonchev–Trinajstić information content (AvgIpc) is 2.20. The SMILES string of the molecule is Cc1cc(C)c(C)c(OC[C@H](O)CN)c1. The summed E-state index contributed by atoms with van der Waals surface area (Å²) in [6.07, 6.45) is -0.592. The van der Waals surface area contributed by atoms with Crippen LogP contribution in [0.5, 0.6) is 5.75 Å². The van der Waals surface area contributed by atoms with Crippen molar-refractivity contribution < 1.29 is 9.84 Å². The van der Waals surface area contributed by atoms with Crippen molar-refractivity contribution >= 4 is 0 Å². The molecule has 1 rings (SSSR count). The van der Waals surface area contributed by atoms with Gasteiger partial charge in [0.05, 0.1) is 0 Å². The van der Waals surface area contributed by atoms with Crippen molar-refractivity contribution in [2.75, 3.05) is 13.2 Å². The van der Waals surface area contributed by atoms with Crippen molar-refractivity contribution in [2.24, 2.45) is 5.73 Å². The molecule has 0 bridgehead atoms. The van der Waals surface area contributed by atoms with Gasteiger partial charge in [-0.15, -0.1) is 0 Å². The van der Waals surface area contributed by atoms with Gasteiger partial charge >= 0.3 is 0 Å². The molecule has 0 aromatic heterocycles. The monoisotopic (exact) mass is 209 g/mol. The van der Waals surface area contributed by atoms with Crippen LogP contribution in [0.4, 0.5) is 0 Å². The van der Waals surface area contributed by atoms with Gasteiger partial charge in [-0.2, -0.15) is 0 Å². The number of benzene rings is 1. The maximum atomic E-state index is 9.30. The number of hydrogen-bond donors (Lipinski definition) is 2. The summed E-state index contributed by atoms with van der Waals surface area (Å²) < 4.78 is 5.52. The zero-order chi connectivity index (χ0) is 11.4. The molecule has 3 nitrogen and oxygen atoms in total. The Morgan fingerprint density at radius 2 is 2.00 bits per heavy atom. The number of aryl methyl sites for hydroxylation is 2. The zero-order valence-electron chi connectivity index (χ0n) is 9.58. The summed E-state index contributed by atoms with van der Waals surface area (Å²) in [6.45, 7) is 6.57. The molecule has 0 heterocycles. The van der Waals surface area contributed by atoms with Crippen LogP contribution in [-0.2, 0) is 0 Å². The van der Waals surface area contributed by atoms with Crippen molar-refractivity contribution in [2.45, 2.75) is 26.9 Å². The van der Waals surface area contributed by atoms with Crippen LogP contribution in [0.25, 0.3) is 0 Å². The fourth-order valence-electron chi connectivity index (χ4n) is 1.40. The van der Waals surface area contributed by atoms with Gasteiger partial charge in [0.15, 0.2) is 0 Å². The maximum absolute atomic E-state index is 9.30. The average molecular weight is 209 g/mol. The van der Waals surface area contributed by atoms with E-state index >= 15 is 0 Å². The van der Waals surface area contributed by atoms with Crippen molar-refractivity contribution in [3.05, 3.63) is 28.8 Å². The summed E-state index contributed by atoms with van der Waals surface area (Å²) in [4.78, 5) is 0. The summed E-state index contributed by atoms with van der Waals surface area (Å²) in [6, 6.07) is 4.09. The third-order valence-corrected chi connectivity index (χ3v) is 2.47. The lowest BCUT2D eigenvalue weighted by atomic mass is 10.1. The molecule has 84 valence electrons. The Morgan fingerprint density at radius 3 is 2.60 bits per heavy atom. The van der Waals surface area contributed by atoms with E-state index in [2.05, 4.69) is 13.0 Å². The normalized spacial score (nSPS) is 12.6. The number of aliphatic hydroxyl groups excluding tert-OH is 1. The molecule has 1 aromatic rings. The highest BCUT2D eigenvalue weighted by molar-refractivity contribution is 5.41. The van der Waals surface area contributed by atoms with Crippen molar-refractivity contribution in [3.63, 3.8) is 0 Å². The molecule has 3 N–H and O–H groups in total. The van der Waals surface area contributed by atoms with Crippen molar-refractivity contribution in [1.82, 2.24) is 0 Å². The highest BCUT2D eigenvalue weighted by Crippen LogP contribution is 2.23. The fourth-order valence-corrected chi connectivity index (χ4v) is 1.40. The Labute approximate surface area is 90.9 Å². The molecule has 3 heteroatoms. The van der Waals surface area contributed by atoms with Crippen LogP contribution in [0, 0.1) is 20.8 Å². The van der Waals surface area contributed by atoms with Gasteiger partial charge in [-0.05, 0) is 43.5 Å². The lowest BCUT2D eigenvalue weighted by Gasteiger charge is -2.14. The van der Waals surface area contributed by atoms with Gasteiger partial charge in [-0.1, -0.05) is 6.07 Å². The molecule has 0 aliphatic rings. The molecule has 0 spiro atoms. The molecule has 0 radical (unpaired) electrons. The number of ether oxygens (including phenoxy) is 1. The van der Waals surface area contributed by atoms with E-state index in [0.717, 1.165) is 16.9 Å². The maximum Gasteiger partial charge on any atom is 0.122 e. The molecule has 0 amide bonds. The van der Waals surface area contributed by atoms with Crippen molar-refractivity contribution in [3.8, 4) is 5.75 Å². The van der Waals surface area contributed by atoms with Gasteiger partial charge in [0.1, 0.15) is 18.5 Å². The number of aliphatic hydroxyl groups is 1. The first-order chi connectivity index (χ1) is 7.04. The first kappa shape index (κ1) is 12.0. The molecule has 0 unspecified atom stereocenters. The number of hydrogen-bond acceptors (Lipinski definition) is 3. The topological polar surface area (TPSA) is 55.5 Å². The highest BCUT2D eigenvalue weighted by Gasteiger charge is 2.06. The second-order valence-electron chi connectivity index (χ2n) is 3.91. The molecule has 0 saturated carbocycles. The Kier molecular flexibility index (Phi) is 4.12. The van der Waals surface area contributed by atoms with E-state index in [-0.39, 0.29) is 13.2 Å². The van der Waals surface area contributed by atoms with Crippen LogP contribution >= 0.6 is 0 Å². The molecule has 0 aliphatic heterocycles. The predicted octanol–water partition coefficient (Wildman–Crippen LogP) is 1.31. The summed E-state index contributed by atoms with van der Waals surface area (Å²) in [5.41, 5.74) is 8.78. The molecule has 0 fully saturated rings. The van der Waals surface area contributed by atoms with Crippen LogP contribution in [0.3, 0.4) is 0 Å². The summed E-state index contributed by atoms with van der Waals surface area (Å²) in [5.74, 6) is 0.833. The Hall–Kier alpha value is -1.06. The first-order valence-electron chi connectivity index (χ1n) is 5.13. The van der Waals surface area contributed by atoms with E-state index in [4.69, 9.17) is 10.5 Å². The van der Waals surface area contributed by atoms with E-state index in [0.29, 0.717) is 0 Å². The van der Waals surface area contributed by atoms with E-state index in [1.807, 2.05) is 19.9 Å². The van der Waals surface area contributed by atoms with Crippen LogP contribution in [-0.4, -0.2) is 24.4 Å². The van der Waals surface area contributed by atoms with Gasteiger partial charge < -0.3 is 15.6 Å². The lowest BCUT2D eigenvalue weighted by molar-refractivity contribution is 0.113. The molecule has 15 heavy (non-hydrogen) atoms. The highest BCUT2D eigenvalue weighted by atomic mass is 16.5. The second kappa shape index (κ2) is 5.14. The quantitative estimate of drug-likeness (QED) is 0.786. The van der Waals surface area contributed by atoms with Gasteiger partial charge in [0.25, 0.3) is 0 Å². The third-order valence-electron chi connectivity index (χ3n) is 2.47. The van der Waals surface area contributed by atoms with Crippen LogP contribution in [0.2, 0.25) is 0 Å². The van der Waals surface area contributed by atoms with Crippen molar-refractivity contribution in [1.29, 1.82) is 0 Å². The molecule has 0 saturated heterocycles. The summed E-state index contributed by atoms with van der Waals surface area (Å²) in [7, 11) is 0. The summed E-state index contributed by atoms with van der Waals surface area (Å²) in [5, 5.41) is 9.30. The van der Waals surface area contributed by atoms with Gasteiger partial charge in [0.2, 0.25) is 0 Å². The zero-order valence-corrected chi connectivity index (χ0v) is 9.58. The number of rotatable bonds is 4. The Balaban J connectivity index is 2.76.